The molecule has 0 fully saturated rings. The van der Waals surface area contributed by atoms with Crippen LogP contribution in [0.1, 0.15) is 10.5 Å². The largest absolute Gasteiger partial charge is 0.477 e. The van der Waals surface area contributed by atoms with E-state index in [1.165, 1.54) is 12.3 Å². The van der Waals surface area contributed by atoms with Crippen LogP contribution < -0.4 is 0 Å². The van der Waals surface area contributed by atoms with Crippen LogP contribution in [0.5, 0.6) is 0 Å². The zero-order valence-electron chi connectivity index (χ0n) is 8.62. The zero-order valence-corrected chi connectivity index (χ0v) is 10.2. The minimum absolute atomic E-state index is 0.271. The van der Waals surface area contributed by atoms with E-state index in [9.17, 15) is 18.0 Å². The number of carboxylic acids is 1. The lowest BCUT2D eigenvalue weighted by molar-refractivity contribution is 0.0688. The molecule has 1 heterocycles. The number of halogens is 4. The van der Waals surface area contributed by atoms with E-state index in [1.54, 1.807) is 0 Å². The van der Waals surface area contributed by atoms with Gasteiger partial charge in [0, 0.05) is 10.7 Å². The summed E-state index contributed by atoms with van der Waals surface area (Å²) in [5.74, 6) is -5.74. The van der Waals surface area contributed by atoms with Gasteiger partial charge in [-0.25, -0.2) is 18.0 Å². The first-order valence-electron chi connectivity index (χ1n) is 4.67. The van der Waals surface area contributed by atoms with Gasteiger partial charge in [-0.05, 0) is 34.1 Å². The predicted octanol–water partition coefficient (Wildman–Crippen LogP) is 3.36. The SMILES string of the molecule is O=C(O)c1cc(Br)cn1-c1ccc(F)c(F)c1F. The van der Waals surface area contributed by atoms with E-state index in [2.05, 4.69) is 15.9 Å². The fourth-order valence-electron chi connectivity index (χ4n) is 1.50. The lowest BCUT2D eigenvalue weighted by Gasteiger charge is -2.08. The third kappa shape index (κ3) is 2.01. The summed E-state index contributed by atoms with van der Waals surface area (Å²) >= 11 is 3.03. The van der Waals surface area contributed by atoms with Crippen LogP contribution in [0, 0.1) is 17.5 Å². The molecule has 0 unspecified atom stereocenters. The van der Waals surface area contributed by atoms with Crippen molar-refractivity contribution in [3.05, 3.63) is 52.0 Å². The molecule has 0 spiro atoms. The Bertz CT molecular complexity index is 639. The molecule has 0 aliphatic carbocycles. The summed E-state index contributed by atoms with van der Waals surface area (Å²) in [6, 6.07) is 2.92. The second-order valence-corrected chi connectivity index (χ2v) is 4.33. The summed E-state index contributed by atoms with van der Waals surface area (Å²) < 4.78 is 40.7. The topological polar surface area (TPSA) is 42.2 Å². The quantitative estimate of drug-likeness (QED) is 0.862. The van der Waals surface area contributed by atoms with Crippen molar-refractivity contribution in [2.75, 3.05) is 0 Å². The zero-order chi connectivity index (χ0) is 13.4. The number of rotatable bonds is 2. The molecule has 0 aliphatic heterocycles. The lowest BCUT2D eigenvalue weighted by Crippen LogP contribution is -2.08. The molecule has 0 radical (unpaired) electrons. The van der Waals surface area contributed by atoms with Gasteiger partial charge in [-0.1, -0.05) is 0 Å². The van der Waals surface area contributed by atoms with Gasteiger partial charge in [-0.3, -0.25) is 0 Å². The molecule has 3 nitrogen and oxygen atoms in total. The van der Waals surface area contributed by atoms with Crippen molar-refractivity contribution in [3.63, 3.8) is 0 Å². The fraction of sp³-hybridized carbons (Fsp3) is 0. The highest BCUT2D eigenvalue weighted by molar-refractivity contribution is 9.10. The van der Waals surface area contributed by atoms with Gasteiger partial charge in [0.2, 0.25) is 0 Å². The average molecular weight is 320 g/mol. The molecule has 0 aliphatic rings. The first-order valence-corrected chi connectivity index (χ1v) is 5.46. The molecule has 0 saturated heterocycles. The van der Waals surface area contributed by atoms with E-state index in [-0.39, 0.29) is 11.4 Å². The third-order valence-electron chi connectivity index (χ3n) is 2.28. The summed E-state index contributed by atoms with van der Waals surface area (Å²) in [6.45, 7) is 0. The molecule has 0 atom stereocenters. The molecule has 1 N–H and O–H groups in total. The standard InChI is InChI=1S/C11H5BrF3NO2/c12-5-3-8(11(17)18)16(4-5)7-2-1-6(13)9(14)10(7)15/h1-4H,(H,17,18). The molecule has 94 valence electrons. The normalized spacial score (nSPS) is 10.7. The van der Waals surface area contributed by atoms with E-state index in [4.69, 9.17) is 5.11 Å². The van der Waals surface area contributed by atoms with Crippen LogP contribution in [0.4, 0.5) is 13.2 Å². The second-order valence-electron chi connectivity index (χ2n) is 3.41. The van der Waals surface area contributed by atoms with Crippen LogP contribution in [0.15, 0.2) is 28.9 Å². The van der Waals surface area contributed by atoms with Crippen LogP contribution in [0.3, 0.4) is 0 Å². The number of aromatic nitrogens is 1. The Hall–Kier alpha value is -1.76. The molecule has 2 rings (SSSR count). The smallest absolute Gasteiger partial charge is 0.352 e. The van der Waals surface area contributed by atoms with Crippen molar-refractivity contribution in [1.82, 2.24) is 4.57 Å². The summed E-state index contributed by atoms with van der Waals surface area (Å²) in [7, 11) is 0. The molecule has 7 heteroatoms. The van der Waals surface area contributed by atoms with Crippen LogP contribution >= 0.6 is 15.9 Å². The number of carbonyl (C=O) groups is 1. The first-order chi connectivity index (χ1) is 8.41. The molecular formula is C11H5BrF3NO2. The van der Waals surface area contributed by atoms with E-state index >= 15 is 0 Å². The Morgan fingerprint density at radius 1 is 1.22 bits per heavy atom. The van der Waals surface area contributed by atoms with Crippen molar-refractivity contribution in [2.45, 2.75) is 0 Å². The van der Waals surface area contributed by atoms with Crippen molar-refractivity contribution >= 4 is 21.9 Å². The lowest BCUT2D eigenvalue weighted by atomic mass is 10.2. The Labute approximate surface area is 108 Å². The van der Waals surface area contributed by atoms with Gasteiger partial charge in [0.1, 0.15) is 5.69 Å². The maximum atomic E-state index is 13.6. The van der Waals surface area contributed by atoms with Crippen molar-refractivity contribution in [3.8, 4) is 5.69 Å². The van der Waals surface area contributed by atoms with Crippen molar-refractivity contribution in [1.29, 1.82) is 0 Å². The number of benzene rings is 1. The summed E-state index contributed by atoms with van der Waals surface area (Å²) in [6.07, 6.45) is 1.25. The van der Waals surface area contributed by atoms with Gasteiger partial charge in [0.05, 0.1) is 5.69 Å². The van der Waals surface area contributed by atoms with Crippen LogP contribution in [0.25, 0.3) is 5.69 Å². The number of carboxylic acid groups (broad SMARTS) is 1. The third-order valence-corrected chi connectivity index (χ3v) is 2.71. The summed E-state index contributed by atoms with van der Waals surface area (Å²) in [4.78, 5) is 10.9. The van der Waals surface area contributed by atoms with E-state index in [0.717, 1.165) is 16.7 Å². The monoisotopic (exact) mass is 319 g/mol. The van der Waals surface area contributed by atoms with Gasteiger partial charge in [0.15, 0.2) is 17.5 Å². The van der Waals surface area contributed by atoms with Crippen molar-refractivity contribution < 1.29 is 23.1 Å². The molecule has 2 aromatic rings. The number of aromatic carboxylic acids is 1. The van der Waals surface area contributed by atoms with Gasteiger partial charge >= 0.3 is 5.97 Å². The van der Waals surface area contributed by atoms with Crippen LogP contribution in [0.2, 0.25) is 0 Å². The van der Waals surface area contributed by atoms with Gasteiger partial charge < -0.3 is 9.67 Å². The van der Waals surface area contributed by atoms with Gasteiger partial charge in [0.25, 0.3) is 0 Å². The maximum Gasteiger partial charge on any atom is 0.352 e. The Morgan fingerprint density at radius 2 is 1.89 bits per heavy atom. The maximum absolute atomic E-state index is 13.6. The molecular weight excluding hydrogens is 315 g/mol. The number of hydrogen-bond acceptors (Lipinski definition) is 1. The average Bonchev–Trinajstić information content (AvgIpc) is 2.68. The van der Waals surface area contributed by atoms with Crippen LogP contribution in [-0.2, 0) is 0 Å². The molecule has 1 aromatic heterocycles. The molecule has 0 amide bonds. The highest BCUT2D eigenvalue weighted by atomic mass is 79.9. The summed E-state index contributed by atoms with van der Waals surface area (Å²) in [5, 5.41) is 8.92. The number of hydrogen-bond donors (Lipinski definition) is 1. The molecule has 0 bridgehead atoms. The van der Waals surface area contributed by atoms with E-state index in [0.29, 0.717) is 4.47 Å². The second kappa shape index (κ2) is 4.49. The van der Waals surface area contributed by atoms with Crippen molar-refractivity contribution in [2.24, 2.45) is 0 Å². The highest BCUT2D eigenvalue weighted by Crippen LogP contribution is 2.24. The summed E-state index contributed by atoms with van der Waals surface area (Å²) in [5.41, 5.74) is -0.649. The van der Waals surface area contributed by atoms with E-state index in [1.807, 2.05) is 0 Å². The fourth-order valence-corrected chi connectivity index (χ4v) is 1.92. The Morgan fingerprint density at radius 3 is 2.50 bits per heavy atom. The minimum Gasteiger partial charge on any atom is -0.477 e. The first kappa shape index (κ1) is 12.7. The van der Waals surface area contributed by atoms with E-state index < -0.39 is 23.4 Å². The predicted molar refractivity (Wildman–Crippen MR) is 60.3 cm³/mol. The Kier molecular flexibility index (Phi) is 3.16. The Balaban J connectivity index is 2.70. The highest BCUT2D eigenvalue weighted by Gasteiger charge is 2.19. The minimum atomic E-state index is -1.64. The molecule has 0 saturated carbocycles. The molecule has 1 aromatic carbocycles. The van der Waals surface area contributed by atoms with Gasteiger partial charge in [-0.2, -0.15) is 0 Å². The van der Waals surface area contributed by atoms with Crippen LogP contribution in [-0.4, -0.2) is 15.6 Å². The van der Waals surface area contributed by atoms with Gasteiger partial charge in [-0.15, -0.1) is 0 Å². The molecule has 18 heavy (non-hydrogen) atoms. The number of nitrogens with zero attached hydrogens (tertiary/aromatic N) is 1.